The van der Waals surface area contributed by atoms with Gasteiger partial charge in [0, 0.05) is 20.1 Å². The lowest BCUT2D eigenvalue weighted by Crippen LogP contribution is -2.18. The average molecular weight is 668 g/mol. The second-order valence-corrected chi connectivity index (χ2v) is 10.7. The van der Waals surface area contributed by atoms with Crippen LogP contribution < -0.4 is 14.9 Å². The molecule has 4 aromatic carbocycles. The molecule has 0 aliphatic rings. The van der Waals surface area contributed by atoms with Crippen LogP contribution in [0.3, 0.4) is 0 Å². The van der Waals surface area contributed by atoms with E-state index in [-0.39, 0.29) is 5.91 Å². The highest BCUT2D eigenvalue weighted by atomic mass is 127. The zero-order valence-corrected chi connectivity index (χ0v) is 25.4. The number of hydrogen-bond acceptors (Lipinski definition) is 5. The molecule has 210 valence electrons. The van der Waals surface area contributed by atoms with Crippen LogP contribution in [0.15, 0.2) is 115 Å². The second-order valence-electron chi connectivity index (χ2n) is 9.49. The number of nitrogens with zero attached hydrogens (tertiary/aromatic N) is 2. The first-order valence-corrected chi connectivity index (χ1v) is 14.7. The van der Waals surface area contributed by atoms with Crippen LogP contribution in [0.25, 0.3) is 22.2 Å². The standard InChI is InChI=1S/C35H30IN3O3/c1-3-10-27-19-25(20-33(41-4-2)34(27)42-23-24-15-17-28(36)18-16-24)22-37-39-35(40)30-21-32(26-11-6-5-7-12-26)38-31-14-9-8-13-29(30)31/h3,5-9,11-22H,1,4,10,23H2,2H3,(H,39,40)/b37-22+. The van der Waals surface area contributed by atoms with Crippen molar-refractivity contribution in [1.29, 1.82) is 0 Å². The maximum atomic E-state index is 13.4. The number of allylic oxidation sites excluding steroid dienone is 1. The molecule has 1 aromatic heterocycles. The number of carbonyl (C=O) groups is 1. The molecule has 1 heterocycles. The van der Waals surface area contributed by atoms with Crippen molar-refractivity contribution in [3.05, 3.63) is 136 Å². The smallest absolute Gasteiger partial charge is 0.272 e. The summed E-state index contributed by atoms with van der Waals surface area (Å²) < 4.78 is 13.4. The van der Waals surface area contributed by atoms with E-state index in [0.29, 0.717) is 36.7 Å². The molecule has 42 heavy (non-hydrogen) atoms. The van der Waals surface area contributed by atoms with E-state index in [1.807, 2.05) is 91.9 Å². The van der Waals surface area contributed by atoms with Crippen molar-refractivity contribution in [2.75, 3.05) is 6.61 Å². The number of ether oxygens (including phenoxy) is 2. The van der Waals surface area contributed by atoms with Crippen LogP contribution >= 0.6 is 22.6 Å². The number of pyridine rings is 1. The summed E-state index contributed by atoms with van der Waals surface area (Å²) in [5, 5.41) is 5.05. The van der Waals surface area contributed by atoms with Crippen LogP contribution in [0.4, 0.5) is 0 Å². The molecule has 1 amide bonds. The number of benzene rings is 4. The van der Waals surface area contributed by atoms with E-state index in [1.54, 1.807) is 12.3 Å². The van der Waals surface area contributed by atoms with E-state index in [9.17, 15) is 4.79 Å². The van der Waals surface area contributed by atoms with Crippen molar-refractivity contribution in [2.24, 2.45) is 5.10 Å². The fraction of sp³-hybridized carbons (Fsp3) is 0.114. The molecule has 5 rings (SSSR count). The summed E-state index contributed by atoms with van der Waals surface area (Å²) in [6.45, 7) is 6.73. The van der Waals surface area contributed by atoms with Gasteiger partial charge in [0.1, 0.15) is 6.61 Å². The number of hydrazone groups is 1. The minimum Gasteiger partial charge on any atom is -0.490 e. The number of carbonyl (C=O) groups excluding carboxylic acids is 1. The third kappa shape index (κ3) is 7.03. The van der Waals surface area contributed by atoms with Gasteiger partial charge in [0.15, 0.2) is 11.5 Å². The molecule has 0 bridgehead atoms. The van der Waals surface area contributed by atoms with Gasteiger partial charge in [-0.2, -0.15) is 5.10 Å². The van der Waals surface area contributed by atoms with Gasteiger partial charge in [-0.3, -0.25) is 4.79 Å². The number of halogens is 1. The van der Waals surface area contributed by atoms with Crippen molar-refractivity contribution in [3.63, 3.8) is 0 Å². The fourth-order valence-electron chi connectivity index (χ4n) is 4.57. The number of nitrogens with one attached hydrogen (secondary N) is 1. The fourth-order valence-corrected chi connectivity index (χ4v) is 4.93. The van der Waals surface area contributed by atoms with E-state index in [2.05, 4.69) is 51.8 Å². The summed E-state index contributed by atoms with van der Waals surface area (Å²) >= 11 is 2.28. The third-order valence-corrected chi connectivity index (χ3v) is 7.24. The minimum absolute atomic E-state index is 0.323. The molecule has 0 unspecified atom stereocenters. The van der Waals surface area contributed by atoms with Crippen LogP contribution in [-0.4, -0.2) is 23.7 Å². The van der Waals surface area contributed by atoms with Gasteiger partial charge in [0.2, 0.25) is 0 Å². The maximum absolute atomic E-state index is 13.4. The summed E-state index contributed by atoms with van der Waals surface area (Å²) in [7, 11) is 0. The molecule has 0 radical (unpaired) electrons. The quantitative estimate of drug-likeness (QED) is 0.0672. The molecule has 6 nitrogen and oxygen atoms in total. The highest BCUT2D eigenvalue weighted by molar-refractivity contribution is 14.1. The Hall–Kier alpha value is -4.50. The molecule has 0 spiro atoms. The van der Waals surface area contributed by atoms with Gasteiger partial charge in [-0.25, -0.2) is 10.4 Å². The van der Waals surface area contributed by atoms with Gasteiger partial charge < -0.3 is 9.47 Å². The summed E-state index contributed by atoms with van der Waals surface area (Å²) in [5.74, 6) is 0.965. The lowest BCUT2D eigenvalue weighted by Gasteiger charge is -2.17. The Bertz CT molecular complexity index is 1740. The first-order valence-electron chi connectivity index (χ1n) is 13.6. The Morgan fingerprint density at radius 3 is 2.50 bits per heavy atom. The molecule has 0 aliphatic heterocycles. The van der Waals surface area contributed by atoms with Crippen LogP contribution in [0.1, 0.15) is 34.0 Å². The normalized spacial score (nSPS) is 11.0. The molecule has 0 saturated carbocycles. The molecule has 0 fully saturated rings. The topological polar surface area (TPSA) is 72.8 Å². The highest BCUT2D eigenvalue weighted by Crippen LogP contribution is 2.34. The number of hydrogen-bond donors (Lipinski definition) is 1. The van der Waals surface area contributed by atoms with E-state index in [1.165, 1.54) is 3.57 Å². The molecular formula is C35H30IN3O3. The largest absolute Gasteiger partial charge is 0.490 e. The van der Waals surface area contributed by atoms with Gasteiger partial charge in [-0.15, -0.1) is 6.58 Å². The third-order valence-electron chi connectivity index (χ3n) is 6.52. The Kier molecular flexibility index (Phi) is 9.61. The Balaban J connectivity index is 1.40. The summed E-state index contributed by atoms with van der Waals surface area (Å²) in [4.78, 5) is 18.1. The first-order chi connectivity index (χ1) is 20.6. The number of para-hydroxylation sites is 1. The number of rotatable bonds is 11. The summed E-state index contributed by atoms with van der Waals surface area (Å²) in [5.41, 5.74) is 8.34. The lowest BCUT2D eigenvalue weighted by atomic mass is 10.0. The lowest BCUT2D eigenvalue weighted by molar-refractivity contribution is 0.0956. The van der Waals surface area contributed by atoms with Crippen LogP contribution in [0.5, 0.6) is 11.5 Å². The van der Waals surface area contributed by atoms with Crippen molar-refractivity contribution < 1.29 is 14.3 Å². The molecular weight excluding hydrogens is 637 g/mol. The molecule has 7 heteroatoms. The molecule has 5 aromatic rings. The Labute approximate surface area is 259 Å². The van der Waals surface area contributed by atoms with Crippen molar-refractivity contribution in [1.82, 2.24) is 10.4 Å². The molecule has 1 N–H and O–H groups in total. The highest BCUT2D eigenvalue weighted by Gasteiger charge is 2.15. The van der Waals surface area contributed by atoms with E-state index in [4.69, 9.17) is 14.5 Å². The van der Waals surface area contributed by atoms with Crippen molar-refractivity contribution in [2.45, 2.75) is 20.0 Å². The predicted molar refractivity (Wildman–Crippen MR) is 177 cm³/mol. The molecule has 0 saturated heterocycles. The van der Waals surface area contributed by atoms with Crippen molar-refractivity contribution in [3.8, 4) is 22.8 Å². The number of aromatic nitrogens is 1. The SMILES string of the molecule is C=CCc1cc(/C=N/NC(=O)c2cc(-c3ccccc3)nc3ccccc23)cc(OCC)c1OCc1ccc(I)cc1. The van der Waals surface area contributed by atoms with Crippen molar-refractivity contribution >= 4 is 45.6 Å². The Morgan fingerprint density at radius 2 is 1.74 bits per heavy atom. The van der Waals surface area contributed by atoms with E-state index < -0.39 is 0 Å². The maximum Gasteiger partial charge on any atom is 0.272 e. The van der Waals surface area contributed by atoms with Gasteiger partial charge in [0.05, 0.1) is 29.6 Å². The van der Waals surface area contributed by atoms with Gasteiger partial charge in [-0.05, 0) is 83.5 Å². The Morgan fingerprint density at radius 1 is 0.976 bits per heavy atom. The van der Waals surface area contributed by atoms with E-state index in [0.717, 1.165) is 38.9 Å². The number of amides is 1. The zero-order valence-electron chi connectivity index (χ0n) is 23.2. The first kappa shape index (κ1) is 29.0. The summed E-state index contributed by atoms with van der Waals surface area (Å²) in [6, 6.07) is 31.2. The minimum atomic E-state index is -0.323. The van der Waals surface area contributed by atoms with Gasteiger partial charge in [0.25, 0.3) is 5.91 Å². The van der Waals surface area contributed by atoms with E-state index >= 15 is 0 Å². The summed E-state index contributed by atoms with van der Waals surface area (Å²) in [6.07, 6.45) is 4.02. The van der Waals surface area contributed by atoms with Gasteiger partial charge in [-0.1, -0.05) is 66.7 Å². The van der Waals surface area contributed by atoms with Crippen LogP contribution in [-0.2, 0) is 13.0 Å². The zero-order chi connectivity index (χ0) is 29.3. The van der Waals surface area contributed by atoms with Gasteiger partial charge >= 0.3 is 0 Å². The van der Waals surface area contributed by atoms with Crippen LogP contribution in [0, 0.1) is 3.57 Å². The monoisotopic (exact) mass is 667 g/mol. The predicted octanol–water partition coefficient (Wildman–Crippen LogP) is 7.98. The van der Waals surface area contributed by atoms with Crippen LogP contribution in [0.2, 0.25) is 0 Å². The molecule has 0 atom stereocenters. The average Bonchev–Trinajstić information content (AvgIpc) is 3.01. The number of fused-ring (bicyclic) bond motifs is 1. The second kappa shape index (κ2) is 13.9. The molecule has 0 aliphatic carbocycles.